The maximum atomic E-state index is 8.93. The molecular formula is C9H16N2OS. The molecule has 0 aliphatic rings. The summed E-state index contributed by atoms with van der Waals surface area (Å²) in [5.74, 6) is 0. The van der Waals surface area contributed by atoms with Gasteiger partial charge in [-0.05, 0) is 13.3 Å². The van der Waals surface area contributed by atoms with Crippen molar-refractivity contribution in [1.29, 1.82) is 0 Å². The molecule has 0 spiro atoms. The number of nitrogens with one attached hydrogen (secondary N) is 1. The van der Waals surface area contributed by atoms with E-state index >= 15 is 0 Å². The van der Waals surface area contributed by atoms with Gasteiger partial charge in [0.25, 0.3) is 0 Å². The Morgan fingerprint density at radius 3 is 2.92 bits per heavy atom. The first-order chi connectivity index (χ1) is 6.26. The van der Waals surface area contributed by atoms with Crippen LogP contribution >= 0.6 is 11.3 Å². The predicted molar refractivity (Wildman–Crippen MR) is 54.9 cm³/mol. The maximum Gasteiger partial charge on any atom is 0.0897 e. The van der Waals surface area contributed by atoms with Crippen molar-refractivity contribution in [3.63, 3.8) is 0 Å². The van der Waals surface area contributed by atoms with Crippen molar-refractivity contribution in [3.05, 3.63) is 16.1 Å². The van der Waals surface area contributed by atoms with Gasteiger partial charge in [-0.1, -0.05) is 6.92 Å². The third-order valence-electron chi connectivity index (χ3n) is 1.95. The van der Waals surface area contributed by atoms with E-state index in [1.807, 2.05) is 13.1 Å². The van der Waals surface area contributed by atoms with E-state index in [0.29, 0.717) is 0 Å². The number of aliphatic hydroxyl groups excluding tert-OH is 1. The zero-order chi connectivity index (χ0) is 9.68. The molecule has 0 aliphatic heterocycles. The van der Waals surface area contributed by atoms with Gasteiger partial charge in [0.1, 0.15) is 0 Å². The van der Waals surface area contributed by atoms with Gasteiger partial charge in [-0.15, -0.1) is 11.3 Å². The van der Waals surface area contributed by atoms with Crippen LogP contribution in [0.25, 0.3) is 0 Å². The highest BCUT2D eigenvalue weighted by Crippen LogP contribution is 2.11. The highest BCUT2D eigenvalue weighted by molar-refractivity contribution is 7.11. The molecule has 0 saturated heterocycles. The molecule has 13 heavy (non-hydrogen) atoms. The molecule has 0 fully saturated rings. The van der Waals surface area contributed by atoms with Crippen LogP contribution in [0.15, 0.2) is 6.20 Å². The monoisotopic (exact) mass is 200 g/mol. The summed E-state index contributed by atoms with van der Waals surface area (Å²) in [7, 11) is 0. The van der Waals surface area contributed by atoms with Gasteiger partial charge in [-0.2, -0.15) is 0 Å². The molecule has 0 radical (unpaired) electrons. The van der Waals surface area contributed by atoms with E-state index < -0.39 is 0 Å². The Morgan fingerprint density at radius 2 is 2.46 bits per heavy atom. The first-order valence-corrected chi connectivity index (χ1v) is 5.33. The summed E-state index contributed by atoms with van der Waals surface area (Å²) in [6, 6.07) is 0.211. The lowest BCUT2D eigenvalue weighted by molar-refractivity contribution is 0.238. The standard InChI is InChI=1S/C9H16N2OS/c1-3-8(6-12)11-5-9-4-10-7(2)13-9/h4,8,11-12H,3,5-6H2,1-2H3/t8-/m1/s1. The van der Waals surface area contributed by atoms with E-state index in [1.54, 1.807) is 11.3 Å². The number of hydrogen-bond donors (Lipinski definition) is 2. The quantitative estimate of drug-likeness (QED) is 0.753. The summed E-state index contributed by atoms with van der Waals surface area (Å²) < 4.78 is 0. The minimum absolute atomic E-state index is 0.203. The molecule has 0 bridgehead atoms. The Hall–Kier alpha value is -0.450. The van der Waals surface area contributed by atoms with Crippen molar-refractivity contribution in [2.24, 2.45) is 0 Å². The van der Waals surface area contributed by atoms with Crippen LogP contribution in [0.3, 0.4) is 0 Å². The van der Waals surface area contributed by atoms with Crippen molar-refractivity contribution in [2.75, 3.05) is 6.61 Å². The van der Waals surface area contributed by atoms with E-state index in [9.17, 15) is 0 Å². The fourth-order valence-electron chi connectivity index (χ4n) is 1.07. The molecule has 0 saturated carbocycles. The minimum Gasteiger partial charge on any atom is -0.395 e. The summed E-state index contributed by atoms with van der Waals surface area (Å²) in [4.78, 5) is 5.39. The zero-order valence-corrected chi connectivity index (χ0v) is 8.90. The summed E-state index contributed by atoms with van der Waals surface area (Å²) >= 11 is 1.70. The molecule has 0 unspecified atom stereocenters. The van der Waals surface area contributed by atoms with Gasteiger partial charge >= 0.3 is 0 Å². The van der Waals surface area contributed by atoms with Crippen LogP contribution in [-0.4, -0.2) is 22.7 Å². The minimum atomic E-state index is 0.203. The molecule has 1 aromatic heterocycles. The van der Waals surface area contributed by atoms with Gasteiger partial charge in [0.05, 0.1) is 11.6 Å². The van der Waals surface area contributed by atoms with Crippen molar-refractivity contribution in [3.8, 4) is 0 Å². The lowest BCUT2D eigenvalue weighted by Gasteiger charge is -2.12. The Labute approximate surface area is 82.8 Å². The average molecular weight is 200 g/mol. The molecule has 1 rings (SSSR count). The van der Waals surface area contributed by atoms with Gasteiger partial charge in [0, 0.05) is 23.7 Å². The molecule has 4 heteroatoms. The molecule has 1 aromatic rings. The summed E-state index contributed by atoms with van der Waals surface area (Å²) in [5, 5.41) is 13.3. The number of nitrogens with zero attached hydrogens (tertiary/aromatic N) is 1. The maximum absolute atomic E-state index is 8.93. The smallest absolute Gasteiger partial charge is 0.0897 e. The van der Waals surface area contributed by atoms with Gasteiger partial charge < -0.3 is 10.4 Å². The lowest BCUT2D eigenvalue weighted by Crippen LogP contribution is -2.30. The molecule has 74 valence electrons. The van der Waals surface area contributed by atoms with Crippen LogP contribution < -0.4 is 5.32 Å². The first-order valence-electron chi connectivity index (χ1n) is 4.51. The zero-order valence-electron chi connectivity index (χ0n) is 8.08. The molecular weight excluding hydrogens is 184 g/mol. The van der Waals surface area contributed by atoms with Crippen molar-refractivity contribution in [1.82, 2.24) is 10.3 Å². The Kier molecular flexibility index (Phi) is 4.35. The molecule has 0 aliphatic carbocycles. The second kappa shape index (κ2) is 5.32. The molecule has 1 heterocycles. The average Bonchev–Trinajstić information content (AvgIpc) is 2.53. The Balaban J connectivity index is 2.33. The van der Waals surface area contributed by atoms with Gasteiger partial charge in [-0.25, -0.2) is 4.98 Å². The Bertz CT molecular complexity index is 246. The molecule has 0 amide bonds. The van der Waals surface area contributed by atoms with Crippen LogP contribution in [0.4, 0.5) is 0 Å². The largest absolute Gasteiger partial charge is 0.395 e. The Morgan fingerprint density at radius 1 is 1.69 bits per heavy atom. The molecule has 1 atom stereocenters. The number of aliphatic hydroxyl groups is 1. The van der Waals surface area contributed by atoms with E-state index in [2.05, 4.69) is 17.2 Å². The normalized spacial score (nSPS) is 13.2. The van der Waals surface area contributed by atoms with E-state index in [0.717, 1.165) is 18.0 Å². The topological polar surface area (TPSA) is 45.1 Å². The third kappa shape index (κ3) is 3.42. The number of thiazole rings is 1. The van der Waals surface area contributed by atoms with Crippen LogP contribution in [0.1, 0.15) is 23.2 Å². The van der Waals surface area contributed by atoms with E-state index in [1.165, 1.54) is 4.88 Å². The molecule has 3 nitrogen and oxygen atoms in total. The highest BCUT2D eigenvalue weighted by Gasteiger charge is 2.04. The first kappa shape index (κ1) is 10.6. The summed E-state index contributed by atoms with van der Waals surface area (Å²) in [6.07, 6.45) is 2.84. The number of aromatic nitrogens is 1. The molecule has 0 aromatic carbocycles. The second-order valence-corrected chi connectivity index (χ2v) is 4.33. The molecule has 2 N–H and O–H groups in total. The van der Waals surface area contributed by atoms with Gasteiger partial charge in [0.15, 0.2) is 0 Å². The van der Waals surface area contributed by atoms with Crippen LogP contribution in [0.5, 0.6) is 0 Å². The predicted octanol–water partition coefficient (Wildman–Crippen LogP) is 1.31. The van der Waals surface area contributed by atoms with Crippen molar-refractivity contribution in [2.45, 2.75) is 32.9 Å². The fraction of sp³-hybridized carbons (Fsp3) is 0.667. The lowest BCUT2D eigenvalue weighted by atomic mass is 10.2. The summed E-state index contributed by atoms with van der Waals surface area (Å²) in [6.45, 7) is 5.07. The van der Waals surface area contributed by atoms with Crippen molar-refractivity contribution < 1.29 is 5.11 Å². The van der Waals surface area contributed by atoms with E-state index in [4.69, 9.17) is 5.11 Å². The van der Waals surface area contributed by atoms with Gasteiger partial charge in [0.2, 0.25) is 0 Å². The number of rotatable bonds is 5. The van der Waals surface area contributed by atoms with Crippen LogP contribution in [0.2, 0.25) is 0 Å². The third-order valence-corrected chi connectivity index (χ3v) is 2.86. The van der Waals surface area contributed by atoms with Crippen LogP contribution in [0, 0.1) is 6.92 Å². The van der Waals surface area contributed by atoms with Crippen molar-refractivity contribution >= 4 is 11.3 Å². The van der Waals surface area contributed by atoms with Gasteiger partial charge in [-0.3, -0.25) is 0 Å². The highest BCUT2D eigenvalue weighted by atomic mass is 32.1. The SMILES string of the molecule is CC[C@H](CO)NCc1cnc(C)s1. The van der Waals surface area contributed by atoms with E-state index in [-0.39, 0.29) is 12.6 Å². The summed E-state index contributed by atoms with van der Waals surface area (Å²) in [5.41, 5.74) is 0. The fourth-order valence-corrected chi connectivity index (χ4v) is 1.82. The second-order valence-electron chi connectivity index (χ2n) is 3.01. The van der Waals surface area contributed by atoms with Crippen LogP contribution in [-0.2, 0) is 6.54 Å². The number of hydrogen-bond acceptors (Lipinski definition) is 4. The number of aryl methyl sites for hydroxylation is 1.